The van der Waals surface area contributed by atoms with Crippen molar-refractivity contribution in [3.63, 3.8) is 0 Å². The first-order valence-electron chi connectivity index (χ1n) is 28.5. The van der Waals surface area contributed by atoms with Crippen molar-refractivity contribution in [2.45, 2.75) is 252 Å². The molecule has 1 atom stereocenters. The van der Waals surface area contributed by atoms with Crippen molar-refractivity contribution in [1.82, 2.24) is 0 Å². The molecule has 6 heteroatoms. The number of allylic oxidation sites excluding steroid dienone is 20. The molecule has 0 aromatic rings. The molecule has 0 fully saturated rings. The normalized spacial score (nSPS) is 13.0. The summed E-state index contributed by atoms with van der Waals surface area (Å²) in [5.41, 5.74) is 0. The van der Waals surface area contributed by atoms with Gasteiger partial charge in [-0.25, -0.2) is 0 Å². The first-order valence-corrected chi connectivity index (χ1v) is 28.5. The van der Waals surface area contributed by atoms with E-state index in [2.05, 4.69) is 142 Å². The Kier molecular flexibility index (Phi) is 54.0. The Balaban J connectivity index is 4.54. The van der Waals surface area contributed by atoms with Gasteiger partial charge in [-0.05, 0) is 128 Å². The Morgan fingerprint density at radius 2 is 0.571 bits per heavy atom. The van der Waals surface area contributed by atoms with Crippen LogP contribution in [0.5, 0.6) is 0 Å². The molecule has 0 radical (unpaired) electrons. The molecule has 6 nitrogen and oxygen atoms in total. The lowest BCUT2D eigenvalue weighted by Gasteiger charge is -2.18. The Labute approximate surface area is 431 Å². The topological polar surface area (TPSA) is 78.9 Å². The zero-order chi connectivity index (χ0) is 50.7. The van der Waals surface area contributed by atoms with Gasteiger partial charge in [0.2, 0.25) is 0 Å². The predicted octanol–water partition coefficient (Wildman–Crippen LogP) is 19.3. The van der Waals surface area contributed by atoms with E-state index >= 15 is 0 Å². The third-order valence-corrected chi connectivity index (χ3v) is 11.7. The summed E-state index contributed by atoms with van der Waals surface area (Å²) in [7, 11) is 0. The van der Waals surface area contributed by atoms with Crippen LogP contribution in [-0.2, 0) is 28.6 Å². The first-order chi connectivity index (χ1) is 34.5. The lowest BCUT2D eigenvalue weighted by atomic mass is 10.1. The van der Waals surface area contributed by atoms with Gasteiger partial charge < -0.3 is 14.2 Å². The molecule has 0 heterocycles. The van der Waals surface area contributed by atoms with Gasteiger partial charge >= 0.3 is 17.9 Å². The van der Waals surface area contributed by atoms with Crippen LogP contribution in [0.15, 0.2) is 122 Å². The van der Waals surface area contributed by atoms with E-state index in [4.69, 9.17) is 14.2 Å². The van der Waals surface area contributed by atoms with E-state index in [0.29, 0.717) is 19.3 Å². The maximum Gasteiger partial charge on any atom is 0.306 e. The highest BCUT2D eigenvalue weighted by molar-refractivity contribution is 5.71. The third-order valence-electron chi connectivity index (χ3n) is 11.7. The lowest BCUT2D eigenvalue weighted by molar-refractivity contribution is -0.167. The quantitative estimate of drug-likeness (QED) is 0.0262. The van der Waals surface area contributed by atoms with Gasteiger partial charge in [0.15, 0.2) is 6.10 Å². The number of unbranched alkanes of at least 4 members (excludes halogenated alkanes) is 19. The van der Waals surface area contributed by atoms with Crippen molar-refractivity contribution in [2.75, 3.05) is 13.2 Å². The molecule has 0 aliphatic heterocycles. The predicted molar refractivity (Wildman–Crippen MR) is 302 cm³/mol. The fourth-order valence-electron chi connectivity index (χ4n) is 7.40. The van der Waals surface area contributed by atoms with Gasteiger partial charge in [-0.2, -0.15) is 0 Å². The fraction of sp³-hybridized carbons (Fsp3) is 0.641. The average molecular weight is 970 g/mol. The summed E-state index contributed by atoms with van der Waals surface area (Å²) in [6.45, 7) is 6.41. The summed E-state index contributed by atoms with van der Waals surface area (Å²) in [5, 5.41) is 0. The van der Waals surface area contributed by atoms with Gasteiger partial charge in [-0.15, -0.1) is 0 Å². The minimum Gasteiger partial charge on any atom is -0.462 e. The van der Waals surface area contributed by atoms with Crippen LogP contribution in [0, 0.1) is 0 Å². The SMILES string of the molecule is CC/C=C\C/C=C\C/C=C\C/C=C\C/C=C\CCCC(=O)OC(COC(=O)CCCCCCC/C=C\C/C=C\CCCCCC)COC(=O)CCCCCCCC/C=C\C/C=C\C/C=C\CCCCC. The molecule has 396 valence electrons. The molecular weight excluding hydrogens is 865 g/mol. The van der Waals surface area contributed by atoms with Crippen LogP contribution in [0.2, 0.25) is 0 Å². The van der Waals surface area contributed by atoms with Gasteiger partial charge in [0.1, 0.15) is 13.2 Å². The van der Waals surface area contributed by atoms with Crippen molar-refractivity contribution < 1.29 is 28.6 Å². The Hall–Kier alpha value is -4.19. The number of ether oxygens (including phenoxy) is 3. The minimum atomic E-state index is -0.823. The maximum atomic E-state index is 12.8. The first kappa shape index (κ1) is 65.8. The van der Waals surface area contributed by atoms with E-state index < -0.39 is 6.10 Å². The van der Waals surface area contributed by atoms with Crippen molar-refractivity contribution in [2.24, 2.45) is 0 Å². The summed E-state index contributed by atoms with van der Waals surface area (Å²) in [6.07, 6.45) is 79.0. The zero-order valence-electron chi connectivity index (χ0n) is 45.2. The van der Waals surface area contributed by atoms with E-state index in [1.54, 1.807) is 0 Å². The Bertz CT molecular complexity index is 1490. The largest absolute Gasteiger partial charge is 0.462 e. The summed E-state index contributed by atoms with van der Waals surface area (Å²) in [4.78, 5) is 38.1. The van der Waals surface area contributed by atoms with Gasteiger partial charge in [-0.3, -0.25) is 14.4 Å². The standard InChI is InChI=1S/C64H104O6/c1-4-7-10-13-16-19-22-25-28-31-32-34-36-39-42-45-48-51-54-57-63(66)69-60-61(59-68-62(65)56-53-50-47-44-41-38-35-30-27-24-21-18-15-12-9-6-3)70-64(67)58-55-52-49-46-43-40-37-33-29-26-23-20-17-14-11-8-5-2/h8,11,16-17,19-21,24-26,28-30,32,34-35,37,40,46,49,61H,4-7,9-10,12-15,18,22-23,27,31,33,36,38-39,41-45,47-48,50-60H2,1-3H3/b11-8-,19-16-,20-17-,24-21-,28-25-,29-26-,34-32-,35-30-,40-37-,49-46-. The van der Waals surface area contributed by atoms with Gasteiger partial charge in [-0.1, -0.05) is 219 Å². The molecule has 0 aromatic heterocycles. The number of hydrogen-bond donors (Lipinski definition) is 0. The molecule has 1 unspecified atom stereocenters. The van der Waals surface area contributed by atoms with Gasteiger partial charge in [0.25, 0.3) is 0 Å². The molecule has 0 aliphatic carbocycles. The van der Waals surface area contributed by atoms with E-state index in [1.807, 2.05) is 0 Å². The molecule has 0 amide bonds. The third kappa shape index (κ3) is 54.7. The molecule has 0 saturated carbocycles. The molecule has 0 aromatic carbocycles. The molecular formula is C64H104O6. The second-order valence-corrected chi connectivity index (χ2v) is 18.5. The summed E-state index contributed by atoms with van der Waals surface area (Å²) >= 11 is 0. The minimum absolute atomic E-state index is 0.115. The van der Waals surface area contributed by atoms with Crippen molar-refractivity contribution in [1.29, 1.82) is 0 Å². The maximum absolute atomic E-state index is 12.8. The van der Waals surface area contributed by atoms with Crippen LogP contribution in [-0.4, -0.2) is 37.2 Å². The molecule has 0 saturated heterocycles. The van der Waals surface area contributed by atoms with E-state index in [-0.39, 0.29) is 37.5 Å². The second-order valence-electron chi connectivity index (χ2n) is 18.5. The smallest absolute Gasteiger partial charge is 0.306 e. The number of esters is 3. The van der Waals surface area contributed by atoms with Crippen molar-refractivity contribution in [3.05, 3.63) is 122 Å². The van der Waals surface area contributed by atoms with Crippen molar-refractivity contribution in [3.8, 4) is 0 Å². The second kappa shape index (κ2) is 57.4. The van der Waals surface area contributed by atoms with Crippen molar-refractivity contribution >= 4 is 17.9 Å². The number of carbonyl (C=O) groups is 3. The zero-order valence-corrected chi connectivity index (χ0v) is 45.2. The molecule has 0 bridgehead atoms. The molecule has 70 heavy (non-hydrogen) atoms. The Morgan fingerprint density at radius 1 is 0.300 bits per heavy atom. The number of hydrogen-bond acceptors (Lipinski definition) is 6. The fourth-order valence-corrected chi connectivity index (χ4v) is 7.40. The molecule has 0 aliphatic rings. The summed E-state index contributed by atoms with van der Waals surface area (Å²) in [5.74, 6) is -1.00. The highest BCUT2D eigenvalue weighted by atomic mass is 16.6. The number of carbonyl (C=O) groups excluding carboxylic acids is 3. The van der Waals surface area contributed by atoms with Gasteiger partial charge in [0, 0.05) is 19.3 Å². The highest BCUT2D eigenvalue weighted by Gasteiger charge is 2.19. The molecule has 0 N–H and O–H groups in total. The van der Waals surface area contributed by atoms with E-state index in [0.717, 1.165) is 128 Å². The van der Waals surface area contributed by atoms with Crippen LogP contribution < -0.4 is 0 Å². The average Bonchev–Trinajstić information content (AvgIpc) is 3.36. The highest BCUT2D eigenvalue weighted by Crippen LogP contribution is 2.13. The monoisotopic (exact) mass is 969 g/mol. The Morgan fingerprint density at radius 3 is 0.943 bits per heavy atom. The molecule has 0 rings (SSSR count). The molecule has 0 spiro atoms. The number of rotatable bonds is 50. The van der Waals surface area contributed by atoms with Crippen LogP contribution in [0.25, 0.3) is 0 Å². The summed E-state index contributed by atoms with van der Waals surface area (Å²) < 4.78 is 16.8. The summed E-state index contributed by atoms with van der Waals surface area (Å²) in [6, 6.07) is 0. The van der Waals surface area contributed by atoms with Crippen LogP contribution in [0.4, 0.5) is 0 Å². The van der Waals surface area contributed by atoms with Gasteiger partial charge in [0.05, 0.1) is 0 Å². The van der Waals surface area contributed by atoms with E-state index in [1.165, 1.54) is 70.6 Å². The van der Waals surface area contributed by atoms with Crippen LogP contribution in [0.1, 0.15) is 245 Å². The van der Waals surface area contributed by atoms with Crippen LogP contribution in [0.3, 0.4) is 0 Å². The lowest BCUT2D eigenvalue weighted by Crippen LogP contribution is -2.30. The van der Waals surface area contributed by atoms with Crippen LogP contribution >= 0.6 is 0 Å². The van der Waals surface area contributed by atoms with E-state index in [9.17, 15) is 14.4 Å².